The highest BCUT2D eigenvalue weighted by Crippen LogP contribution is 2.46. The maximum absolute atomic E-state index is 13.1. The van der Waals surface area contributed by atoms with Gasteiger partial charge in [0.05, 0.1) is 17.3 Å². The van der Waals surface area contributed by atoms with Crippen molar-refractivity contribution in [1.82, 2.24) is 16.0 Å². The van der Waals surface area contributed by atoms with Crippen molar-refractivity contribution in [2.45, 2.75) is 31.8 Å². The first-order chi connectivity index (χ1) is 16.5. The van der Waals surface area contributed by atoms with Gasteiger partial charge >= 0.3 is 0 Å². The number of amides is 2. The molecule has 2 aromatic carbocycles. The number of nitrogens with two attached hydrogens (primary N) is 1. The van der Waals surface area contributed by atoms with Crippen LogP contribution in [0.5, 0.6) is 0 Å². The zero-order chi connectivity index (χ0) is 23.4. The number of hydrogen-bond acceptors (Lipinski definition) is 7. The molecule has 3 aromatic rings. The number of hydrazine groups is 1. The monoisotopic (exact) mass is 456 g/mol. The van der Waals surface area contributed by atoms with E-state index in [-0.39, 0.29) is 23.8 Å². The van der Waals surface area contributed by atoms with Crippen LogP contribution >= 0.6 is 0 Å². The lowest BCUT2D eigenvalue weighted by molar-refractivity contribution is -0.118. The SMILES string of the molecule is Cc1cc(C2Nc3cc(NC(=O)[C@H](N)C4Cc5ccccc5C4)cc4c3C2=CNNC4=O)on1. The second-order valence-corrected chi connectivity index (χ2v) is 9.04. The van der Waals surface area contributed by atoms with Crippen LogP contribution in [0.3, 0.4) is 0 Å². The van der Waals surface area contributed by atoms with Crippen LogP contribution in [-0.2, 0) is 17.6 Å². The molecule has 3 aliphatic rings. The molecule has 2 aliphatic heterocycles. The molecule has 34 heavy (non-hydrogen) atoms. The average molecular weight is 457 g/mol. The molecule has 0 saturated carbocycles. The van der Waals surface area contributed by atoms with Gasteiger partial charge in [-0.1, -0.05) is 29.4 Å². The zero-order valence-corrected chi connectivity index (χ0v) is 18.5. The number of hydrogen-bond donors (Lipinski definition) is 5. The molecule has 2 atom stereocenters. The minimum atomic E-state index is -0.663. The standard InChI is InChI=1S/C25H24N6O3/c1-12-6-20(34-31-12)23-18-11-27-30-24(32)17-9-16(10-19(29-23)21(17)18)28-25(33)22(26)15-7-13-4-2-3-5-14(13)8-15/h2-6,9-11,15,22-23,27,29H,7-8,26H2,1H3,(H,28,33)(H,30,32)/t22-,23?/m1/s1. The normalized spacial score (nSPS) is 19.2. The molecule has 0 fully saturated rings. The molecule has 0 bridgehead atoms. The van der Waals surface area contributed by atoms with Gasteiger partial charge < -0.3 is 26.3 Å². The summed E-state index contributed by atoms with van der Waals surface area (Å²) in [5.41, 5.74) is 18.4. The summed E-state index contributed by atoms with van der Waals surface area (Å²) in [6.07, 6.45) is 3.30. The van der Waals surface area contributed by atoms with Crippen LogP contribution in [0.1, 0.15) is 44.5 Å². The van der Waals surface area contributed by atoms with E-state index >= 15 is 0 Å². The Morgan fingerprint density at radius 3 is 2.68 bits per heavy atom. The highest BCUT2D eigenvalue weighted by molar-refractivity contribution is 6.07. The van der Waals surface area contributed by atoms with Gasteiger partial charge in [0, 0.05) is 34.8 Å². The summed E-state index contributed by atoms with van der Waals surface area (Å²) in [6.45, 7) is 1.85. The quantitative estimate of drug-likeness (QED) is 0.407. The highest BCUT2D eigenvalue weighted by atomic mass is 16.5. The van der Waals surface area contributed by atoms with Crippen LogP contribution in [0.4, 0.5) is 11.4 Å². The summed E-state index contributed by atoms with van der Waals surface area (Å²) in [6, 6.07) is 12.6. The number of anilines is 2. The summed E-state index contributed by atoms with van der Waals surface area (Å²) in [5, 5.41) is 10.3. The predicted octanol–water partition coefficient (Wildman–Crippen LogP) is 2.42. The van der Waals surface area contributed by atoms with Crippen molar-refractivity contribution in [3.63, 3.8) is 0 Å². The minimum Gasteiger partial charge on any atom is -0.371 e. The first-order valence-electron chi connectivity index (χ1n) is 11.3. The third-order valence-electron chi connectivity index (χ3n) is 6.79. The Hall–Kier alpha value is -4.11. The predicted molar refractivity (Wildman–Crippen MR) is 127 cm³/mol. The molecule has 3 heterocycles. The van der Waals surface area contributed by atoms with Crippen molar-refractivity contribution in [2.24, 2.45) is 11.7 Å². The molecule has 0 radical (unpaired) electrons. The Balaban J connectivity index is 1.27. The number of benzene rings is 2. The molecule has 2 amide bonds. The molecule has 9 heteroatoms. The molecule has 6 N–H and O–H groups in total. The largest absolute Gasteiger partial charge is 0.371 e. The van der Waals surface area contributed by atoms with Crippen molar-refractivity contribution >= 4 is 28.8 Å². The molecule has 1 unspecified atom stereocenters. The van der Waals surface area contributed by atoms with Gasteiger partial charge in [0.1, 0.15) is 6.04 Å². The molecule has 0 spiro atoms. The van der Waals surface area contributed by atoms with Gasteiger partial charge in [-0.3, -0.25) is 15.0 Å². The lowest BCUT2D eigenvalue weighted by atomic mass is 9.95. The van der Waals surface area contributed by atoms with E-state index in [0.717, 1.165) is 35.4 Å². The second-order valence-electron chi connectivity index (χ2n) is 9.04. The van der Waals surface area contributed by atoms with Gasteiger partial charge in [-0.25, -0.2) is 0 Å². The summed E-state index contributed by atoms with van der Waals surface area (Å²) in [5.74, 6) is 0.0988. The Bertz CT molecular complexity index is 1340. The molecule has 1 aromatic heterocycles. The van der Waals surface area contributed by atoms with Gasteiger partial charge in [-0.15, -0.1) is 0 Å². The van der Waals surface area contributed by atoms with E-state index in [1.54, 1.807) is 12.3 Å². The van der Waals surface area contributed by atoms with Crippen molar-refractivity contribution in [1.29, 1.82) is 0 Å². The van der Waals surface area contributed by atoms with Gasteiger partial charge in [0.2, 0.25) is 5.91 Å². The van der Waals surface area contributed by atoms with Gasteiger partial charge in [0.15, 0.2) is 5.76 Å². The van der Waals surface area contributed by atoms with Gasteiger partial charge in [0.25, 0.3) is 5.91 Å². The fourth-order valence-corrected chi connectivity index (χ4v) is 5.13. The number of carbonyl (C=O) groups is 2. The Morgan fingerprint density at radius 2 is 1.97 bits per heavy atom. The molecule has 172 valence electrons. The maximum Gasteiger partial charge on any atom is 0.270 e. The van der Waals surface area contributed by atoms with E-state index in [4.69, 9.17) is 10.3 Å². The number of aromatic nitrogens is 1. The number of aryl methyl sites for hydroxylation is 1. The Kier molecular flexibility index (Phi) is 4.66. The fourth-order valence-electron chi connectivity index (χ4n) is 5.13. The van der Waals surface area contributed by atoms with Crippen LogP contribution in [0.25, 0.3) is 5.57 Å². The third kappa shape index (κ3) is 3.32. The van der Waals surface area contributed by atoms with Crippen LogP contribution in [0.2, 0.25) is 0 Å². The lowest BCUT2D eigenvalue weighted by Gasteiger charge is -2.19. The van der Waals surface area contributed by atoms with Crippen molar-refractivity contribution < 1.29 is 14.1 Å². The molecular formula is C25H24N6O3. The molecule has 9 nitrogen and oxygen atoms in total. The van der Waals surface area contributed by atoms with Crippen molar-refractivity contribution in [2.75, 3.05) is 10.6 Å². The van der Waals surface area contributed by atoms with Crippen molar-refractivity contribution in [3.05, 3.63) is 82.4 Å². The van der Waals surface area contributed by atoms with E-state index in [9.17, 15) is 9.59 Å². The summed E-state index contributed by atoms with van der Waals surface area (Å²) < 4.78 is 5.48. The fraction of sp³-hybridized carbons (Fsp3) is 0.240. The maximum atomic E-state index is 13.1. The summed E-state index contributed by atoms with van der Waals surface area (Å²) >= 11 is 0. The number of nitrogens with zero attached hydrogens (tertiary/aromatic N) is 1. The average Bonchev–Trinajstić information content (AvgIpc) is 3.51. The topological polar surface area (TPSA) is 134 Å². The number of rotatable bonds is 4. The second kappa shape index (κ2) is 7.74. The van der Waals surface area contributed by atoms with Crippen LogP contribution in [-0.4, -0.2) is 23.0 Å². The van der Waals surface area contributed by atoms with Crippen molar-refractivity contribution in [3.8, 4) is 0 Å². The molecule has 1 aliphatic carbocycles. The van der Waals surface area contributed by atoms with E-state index in [1.807, 2.05) is 31.2 Å². The smallest absolute Gasteiger partial charge is 0.270 e. The molecular weight excluding hydrogens is 432 g/mol. The van der Waals surface area contributed by atoms with Crippen LogP contribution in [0, 0.1) is 12.8 Å². The third-order valence-corrected chi connectivity index (χ3v) is 6.79. The summed E-state index contributed by atoms with van der Waals surface area (Å²) in [7, 11) is 0. The first-order valence-corrected chi connectivity index (χ1v) is 11.3. The number of carbonyl (C=O) groups excluding carboxylic acids is 2. The van der Waals surface area contributed by atoms with Crippen LogP contribution < -0.4 is 27.2 Å². The lowest BCUT2D eigenvalue weighted by Crippen LogP contribution is -2.42. The first kappa shape index (κ1) is 20.5. The Labute approximate surface area is 195 Å². The van der Waals surface area contributed by atoms with E-state index < -0.39 is 6.04 Å². The van der Waals surface area contributed by atoms with E-state index in [0.29, 0.717) is 17.0 Å². The van der Waals surface area contributed by atoms with E-state index in [1.165, 1.54) is 11.1 Å². The minimum absolute atomic E-state index is 0.0348. The highest BCUT2D eigenvalue weighted by Gasteiger charge is 2.36. The van der Waals surface area contributed by atoms with Gasteiger partial charge in [-0.05, 0) is 48.9 Å². The summed E-state index contributed by atoms with van der Waals surface area (Å²) in [4.78, 5) is 25.8. The molecule has 0 saturated heterocycles. The molecule has 6 rings (SSSR count). The van der Waals surface area contributed by atoms with Crippen LogP contribution in [0.15, 0.2) is 53.2 Å². The number of fused-ring (bicyclic) bond motifs is 1. The van der Waals surface area contributed by atoms with Gasteiger partial charge in [-0.2, -0.15) is 0 Å². The Morgan fingerprint density at radius 1 is 1.21 bits per heavy atom. The number of nitrogens with one attached hydrogen (secondary N) is 4. The van der Waals surface area contributed by atoms with E-state index in [2.05, 4.69) is 38.8 Å². The zero-order valence-electron chi connectivity index (χ0n) is 18.5.